The highest BCUT2D eigenvalue weighted by Crippen LogP contribution is 2.28. The van der Waals surface area contributed by atoms with Gasteiger partial charge in [-0.2, -0.15) is 0 Å². The maximum Gasteiger partial charge on any atom is 0.258 e. The van der Waals surface area contributed by atoms with Crippen LogP contribution < -0.4 is 15.6 Å². The van der Waals surface area contributed by atoms with Crippen molar-refractivity contribution in [3.63, 3.8) is 0 Å². The van der Waals surface area contributed by atoms with Gasteiger partial charge in [0.1, 0.15) is 40.9 Å². The number of fused-ring (bicyclic) bond motifs is 1. The zero-order valence-corrected chi connectivity index (χ0v) is 24.2. The largest absolute Gasteiger partial charge is 0.486 e. The Morgan fingerprint density at radius 1 is 1.13 bits per heavy atom. The monoisotopic (exact) mass is 572 g/mol. The summed E-state index contributed by atoms with van der Waals surface area (Å²) in [6, 6.07) is 6.80. The molecule has 3 aromatic heterocycles. The molecule has 0 aliphatic rings. The lowest BCUT2D eigenvalue weighted by Crippen LogP contribution is -2.37. The first-order chi connectivity index (χ1) is 18.7. The first kappa shape index (κ1) is 28.9. The van der Waals surface area contributed by atoms with Gasteiger partial charge >= 0.3 is 0 Å². The number of rotatable bonds is 13. The predicted octanol–water partition coefficient (Wildman–Crippen LogP) is 6.51. The molecular weight excluding hydrogens is 539 g/mol. The van der Waals surface area contributed by atoms with Crippen LogP contribution in [0.1, 0.15) is 52.8 Å². The summed E-state index contributed by atoms with van der Waals surface area (Å²) < 4.78 is 19.1. The van der Waals surface area contributed by atoms with Crippen LogP contribution in [0.2, 0.25) is 5.02 Å². The van der Waals surface area contributed by atoms with Crippen molar-refractivity contribution < 1.29 is 9.13 Å². The second-order valence-electron chi connectivity index (χ2n) is 9.88. The maximum absolute atomic E-state index is 13.4. The summed E-state index contributed by atoms with van der Waals surface area (Å²) in [5, 5.41) is 6.48. The Bertz CT molecular complexity index is 1450. The Hall–Kier alpha value is -3.08. The zero-order chi connectivity index (χ0) is 27.9. The Kier molecular flexibility index (Phi) is 9.88. The van der Waals surface area contributed by atoms with Gasteiger partial charge in [0.25, 0.3) is 5.56 Å². The summed E-state index contributed by atoms with van der Waals surface area (Å²) in [5.74, 6) is 0.140. The molecule has 0 saturated carbocycles. The zero-order valence-electron chi connectivity index (χ0n) is 22.6. The fourth-order valence-electron chi connectivity index (χ4n) is 4.45. The summed E-state index contributed by atoms with van der Waals surface area (Å²) >= 11 is 7.32. The molecule has 0 unspecified atom stereocenters. The number of nitrogens with zero attached hydrogens (tertiary/aromatic N) is 4. The Morgan fingerprint density at radius 3 is 2.67 bits per heavy atom. The number of benzene rings is 1. The normalized spacial score (nSPS) is 11.7. The van der Waals surface area contributed by atoms with Gasteiger partial charge in [-0.25, -0.2) is 14.4 Å². The smallest absolute Gasteiger partial charge is 0.258 e. The molecule has 208 valence electrons. The Morgan fingerprint density at radius 2 is 1.92 bits per heavy atom. The number of halogens is 2. The molecule has 11 heteroatoms. The van der Waals surface area contributed by atoms with Crippen molar-refractivity contribution >= 4 is 39.0 Å². The van der Waals surface area contributed by atoms with Crippen LogP contribution in [0.3, 0.4) is 0 Å². The number of H-pyrrole nitrogens is 1. The van der Waals surface area contributed by atoms with Crippen molar-refractivity contribution in [1.29, 1.82) is 0 Å². The molecule has 8 nitrogen and oxygen atoms in total. The van der Waals surface area contributed by atoms with E-state index in [-0.39, 0.29) is 17.2 Å². The van der Waals surface area contributed by atoms with Crippen molar-refractivity contribution in [2.45, 2.75) is 65.6 Å². The minimum atomic E-state index is -0.534. The molecule has 0 fully saturated rings. The van der Waals surface area contributed by atoms with Gasteiger partial charge in [0.05, 0.1) is 10.4 Å². The molecule has 1 aromatic carbocycles. The van der Waals surface area contributed by atoms with Gasteiger partial charge < -0.3 is 15.0 Å². The molecule has 4 aromatic rings. The number of hydrogen-bond acceptors (Lipinski definition) is 8. The van der Waals surface area contributed by atoms with E-state index < -0.39 is 5.82 Å². The summed E-state index contributed by atoms with van der Waals surface area (Å²) in [4.78, 5) is 31.8. The third-order valence-corrected chi connectivity index (χ3v) is 7.47. The highest BCUT2D eigenvalue weighted by atomic mass is 35.5. The summed E-state index contributed by atoms with van der Waals surface area (Å²) in [5.41, 5.74) is 1.31. The number of aromatic nitrogens is 4. The van der Waals surface area contributed by atoms with E-state index >= 15 is 0 Å². The number of ether oxygens (including phenoxy) is 1. The molecule has 0 aliphatic heterocycles. The maximum atomic E-state index is 13.4. The number of anilines is 1. The van der Waals surface area contributed by atoms with E-state index in [0.717, 1.165) is 31.1 Å². The molecule has 0 aliphatic carbocycles. The van der Waals surface area contributed by atoms with E-state index in [1.165, 1.54) is 36.0 Å². The molecule has 3 heterocycles. The molecule has 0 spiro atoms. The van der Waals surface area contributed by atoms with Gasteiger partial charge in [0.2, 0.25) is 0 Å². The van der Waals surface area contributed by atoms with E-state index in [4.69, 9.17) is 21.3 Å². The standard InChI is InChI=1S/C28H34ClFN6O2S/c1-17(2)36(18(3)4)13-7-5-6-11-32-28-33-23(16-39-28)26-25-20(10-12-31-26)27(37)35-24(34-25)15-38-19-8-9-22(30)21(29)14-19/h8-10,12,14,16-18H,5-7,11,13,15H2,1-4H3,(H,32,33)(H,34,35,37). The molecule has 0 atom stereocenters. The van der Waals surface area contributed by atoms with Crippen LogP contribution in [0.15, 0.2) is 40.6 Å². The third-order valence-electron chi connectivity index (χ3n) is 6.38. The quantitative estimate of drug-likeness (QED) is 0.176. The van der Waals surface area contributed by atoms with Gasteiger partial charge in [-0.1, -0.05) is 18.0 Å². The second-order valence-corrected chi connectivity index (χ2v) is 11.1. The lowest BCUT2D eigenvalue weighted by Gasteiger charge is -2.30. The van der Waals surface area contributed by atoms with Gasteiger partial charge in [-0.15, -0.1) is 11.3 Å². The number of nitrogens with one attached hydrogen (secondary N) is 2. The van der Waals surface area contributed by atoms with Crippen LogP contribution in [0.25, 0.3) is 22.3 Å². The van der Waals surface area contributed by atoms with Crippen molar-refractivity contribution in [3.8, 4) is 17.1 Å². The van der Waals surface area contributed by atoms with Crippen LogP contribution >= 0.6 is 22.9 Å². The average Bonchev–Trinajstić information content (AvgIpc) is 3.37. The molecule has 4 rings (SSSR count). The van der Waals surface area contributed by atoms with Crippen LogP contribution in [0.4, 0.5) is 9.52 Å². The lowest BCUT2D eigenvalue weighted by molar-refractivity contribution is 0.171. The summed E-state index contributed by atoms with van der Waals surface area (Å²) in [6.07, 6.45) is 4.95. The van der Waals surface area contributed by atoms with Gasteiger partial charge in [-0.3, -0.25) is 14.7 Å². The van der Waals surface area contributed by atoms with E-state index in [0.29, 0.717) is 45.9 Å². The van der Waals surface area contributed by atoms with Crippen molar-refractivity contribution in [1.82, 2.24) is 24.8 Å². The first-order valence-corrected chi connectivity index (χ1v) is 14.4. The molecule has 2 N–H and O–H groups in total. The minimum absolute atomic E-state index is 0.0303. The summed E-state index contributed by atoms with van der Waals surface area (Å²) in [6.45, 7) is 10.9. The number of unbranched alkanes of at least 4 members (excludes halogenated alkanes) is 2. The Balaban J connectivity index is 1.39. The number of hydrogen-bond donors (Lipinski definition) is 2. The van der Waals surface area contributed by atoms with Crippen LogP contribution in [-0.4, -0.2) is 50.0 Å². The molecule has 0 saturated heterocycles. The minimum Gasteiger partial charge on any atom is -0.486 e. The molecule has 0 bridgehead atoms. The lowest BCUT2D eigenvalue weighted by atomic mass is 10.1. The topological polar surface area (TPSA) is 96.0 Å². The van der Waals surface area contributed by atoms with Crippen LogP contribution in [0.5, 0.6) is 5.75 Å². The molecule has 39 heavy (non-hydrogen) atoms. The molecular formula is C28H34ClFN6O2S. The first-order valence-electron chi connectivity index (χ1n) is 13.1. The number of thiazole rings is 1. The summed E-state index contributed by atoms with van der Waals surface area (Å²) in [7, 11) is 0. The van der Waals surface area contributed by atoms with Crippen molar-refractivity contribution in [3.05, 3.63) is 62.9 Å². The number of pyridine rings is 1. The fraction of sp³-hybridized carbons (Fsp3) is 0.429. The number of aromatic amines is 1. The third kappa shape index (κ3) is 7.52. The Labute approximate surface area is 236 Å². The van der Waals surface area contributed by atoms with E-state index in [9.17, 15) is 9.18 Å². The highest BCUT2D eigenvalue weighted by molar-refractivity contribution is 7.14. The average molecular weight is 573 g/mol. The van der Waals surface area contributed by atoms with Crippen molar-refractivity contribution in [2.75, 3.05) is 18.4 Å². The van der Waals surface area contributed by atoms with Gasteiger partial charge in [0, 0.05) is 36.3 Å². The SMILES string of the molecule is CC(C)N(CCCCCNc1nc(-c2nccc3c(=O)[nH]c(COc4ccc(F)c(Cl)c4)nc23)cs1)C(C)C. The predicted molar refractivity (Wildman–Crippen MR) is 156 cm³/mol. The van der Waals surface area contributed by atoms with Crippen LogP contribution in [0, 0.1) is 5.82 Å². The van der Waals surface area contributed by atoms with Crippen molar-refractivity contribution in [2.24, 2.45) is 0 Å². The fourth-order valence-corrected chi connectivity index (χ4v) is 5.35. The van der Waals surface area contributed by atoms with Crippen LogP contribution in [-0.2, 0) is 6.61 Å². The highest BCUT2D eigenvalue weighted by Gasteiger charge is 2.15. The van der Waals surface area contributed by atoms with Gasteiger partial charge in [-0.05, 0) is 65.3 Å². The van der Waals surface area contributed by atoms with E-state index in [2.05, 4.69) is 52.9 Å². The van der Waals surface area contributed by atoms with E-state index in [1.807, 2.05) is 5.38 Å². The van der Waals surface area contributed by atoms with E-state index in [1.54, 1.807) is 12.3 Å². The molecule has 0 radical (unpaired) electrons. The van der Waals surface area contributed by atoms with Gasteiger partial charge in [0.15, 0.2) is 5.13 Å². The molecule has 0 amide bonds. The second kappa shape index (κ2) is 13.3.